The second-order valence-corrected chi connectivity index (χ2v) is 4.61. The number of nitrogens with one attached hydrogen (secondary N) is 1. The van der Waals surface area contributed by atoms with Gasteiger partial charge in [0.25, 0.3) is 5.56 Å². The number of pyridine rings is 1. The first-order valence-electron chi connectivity index (χ1n) is 6.34. The van der Waals surface area contributed by atoms with E-state index in [0.29, 0.717) is 24.1 Å². The minimum absolute atomic E-state index is 0.326. The van der Waals surface area contributed by atoms with Crippen molar-refractivity contribution in [2.24, 2.45) is 5.73 Å². The van der Waals surface area contributed by atoms with Gasteiger partial charge in [-0.15, -0.1) is 0 Å². The molecular formula is C13H18N4O2. The Morgan fingerprint density at radius 2 is 2.00 bits per heavy atom. The fourth-order valence-corrected chi connectivity index (χ4v) is 2.39. The molecule has 0 unspecified atom stereocenters. The van der Waals surface area contributed by atoms with Gasteiger partial charge in [0.2, 0.25) is 0 Å². The molecule has 2 aromatic heterocycles. The van der Waals surface area contributed by atoms with Crippen LogP contribution in [0.3, 0.4) is 0 Å². The second kappa shape index (κ2) is 4.97. The summed E-state index contributed by atoms with van der Waals surface area (Å²) in [6.07, 6.45) is 0.791. The van der Waals surface area contributed by atoms with Crippen LogP contribution in [-0.2, 0) is 13.1 Å². The number of hydrogen-bond donors (Lipinski definition) is 2. The Labute approximate surface area is 110 Å². The number of rotatable bonds is 3. The summed E-state index contributed by atoms with van der Waals surface area (Å²) in [6.45, 7) is 6.51. The van der Waals surface area contributed by atoms with Crippen LogP contribution in [0.25, 0.3) is 11.0 Å². The molecule has 0 radical (unpaired) electrons. The minimum atomic E-state index is -0.411. The molecule has 0 aliphatic heterocycles. The van der Waals surface area contributed by atoms with Gasteiger partial charge < -0.3 is 5.73 Å². The fraction of sp³-hybridized carbons (Fsp3) is 0.462. The average molecular weight is 262 g/mol. The molecule has 0 saturated carbocycles. The van der Waals surface area contributed by atoms with Gasteiger partial charge in [0.15, 0.2) is 0 Å². The van der Waals surface area contributed by atoms with E-state index in [1.807, 2.05) is 20.8 Å². The number of aryl methyl sites for hydroxylation is 3. The first-order valence-corrected chi connectivity index (χ1v) is 6.34. The van der Waals surface area contributed by atoms with Crippen LogP contribution >= 0.6 is 0 Å². The van der Waals surface area contributed by atoms with Gasteiger partial charge in [-0.1, -0.05) is 6.92 Å². The molecule has 0 aliphatic carbocycles. The number of fused-ring (bicyclic) bond motifs is 1. The van der Waals surface area contributed by atoms with E-state index in [1.54, 1.807) is 0 Å². The number of nitrogens with zero attached hydrogens (tertiary/aromatic N) is 2. The summed E-state index contributed by atoms with van der Waals surface area (Å²) in [7, 11) is 0. The summed E-state index contributed by atoms with van der Waals surface area (Å²) in [5.41, 5.74) is 7.77. The number of aromatic amines is 1. The first-order chi connectivity index (χ1) is 9.01. The van der Waals surface area contributed by atoms with Gasteiger partial charge in [0, 0.05) is 18.8 Å². The lowest BCUT2D eigenvalue weighted by Gasteiger charge is -2.13. The number of aromatic nitrogens is 3. The smallest absolute Gasteiger partial charge is 0.326 e. The normalized spacial score (nSPS) is 11.2. The largest absolute Gasteiger partial charge is 0.329 e. The van der Waals surface area contributed by atoms with Gasteiger partial charge in [0.1, 0.15) is 5.65 Å². The summed E-state index contributed by atoms with van der Waals surface area (Å²) in [6, 6.07) is 0. The molecule has 0 spiro atoms. The summed E-state index contributed by atoms with van der Waals surface area (Å²) in [5.74, 6) is 0. The highest BCUT2D eigenvalue weighted by Gasteiger charge is 2.15. The lowest BCUT2D eigenvalue weighted by atomic mass is 10.0. The molecule has 0 aromatic carbocycles. The molecule has 102 valence electrons. The van der Waals surface area contributed by atoms with Crippen molar-refractivity contribution in [3.63, 3.8) is 0 Å². The lowest BCUT2D eigenvalue weighted by molar-refractivity contribution is 0.650. The highest BCUT2D eigenvalue weighted by atomic mass is 16.2. The summed E-state index contributed by atoms with van der Waals surface area (Å²) < 4.78 is 1.51. The van der Waals surface area contributed by atoms with E-state index in [0.717, 1.165) is 23.2 Å². The van der Waals surface area contributed by atoms with Gasteiger partial charge in [-0.05, 0) is 31.4 Å². The predicted molar refractivity (Wildman–Crippen MR) is 74.3 cm³/mol. The van der Waals surface area contributed by atoms with Gasteiger partial charge >= 0.3 is 5.69 Å². The molecule has 2 rings (SSSR count). The number of nitrogens with two attached hydrogens (primary N) is 1. The Morgan fingerprint density at radius 1 is 1.32 bits per heavy atom. The van der Waals surface area contributed by atoms with Crippen molar-refractivity contribution < 1.29 is 0 Å². The standard InChI is InChI=1S/C13H18N4O2/c1-4-5-17-11-10(12(18)16-13(17)19)7(2)9(6-14)8(3)15-11/h4-6,14H2,1-3H3,(H,16,18,19). The Balaban J connectivity index is 3.01. The molecule has 0 fully saturated rings. The van der Waals surface area contributed by atoms with Crippen LogP contribution in [0.2, 0.25) is 0 Å². The van der Waals surface area contributed by atoms with E-state index in [2.05, 4.69) is 9.97 Å². The van der Waals surface area contributed by atoms with Crippen LogP contribution in [0.5, 0.6) is 0 Å². The van der Waals surface area contributed by atoms with E-state index < -0.39 is 11.2 Å². The molecule has 0 aliphatic rings. The van der Waals surface area contributed by atoms with Crippen LogP contribution in [-0.4, -0.2) is 14.5 Å². The highest BCUT2D eigenvalue weighted by molar-refractivity contribution is 5.79. The van der Waals surface area contributed by atoms with Gasteiger partial charge in [-0.2, -0.15) is 0 Å². The second-order valence-electron chi connectivity index (χ2n) is 4.61. The quantitative estimate of drug-likeness (QED) is 0.845. The molecule has 0 saturated heterocycles. The average Bonchev–Trinajstić information content (AvgIpc) is 2.34. The van der Waals surface area contributed by atoms with Gasteiger partial charge in [-0.3, -0.25) is 14.3 Å². The molecular weight excluding hydrogens is 244 g/mol. The molecule has 0 amide bonds. The number of hydrogen-bond acceptors (Lipinski definition) is 4. The zero-order valence-electron chi connectivity index (χ0n) is 11.4. The fourth-order valence-electron chi connectivity index (χ4n) is 2.39. The molecule has 2 heterocycles. The predicted octanol–water partition coefficient (Wildman–Crippen LogP) is 0.570. The van der Waals surface area contributed by atoms with Crippen LogP contribution in [0.15, 0.2) is 9.59 Å². The first kappa shape index (κ1) is 13.5. The van der Waals surface area contributed by atoms with E-state index in [1.165, 1.54) is 4.57 Å². The van der Waals surface area contributed by atoms with Crippen molar-refractivity contribution in [2.75, 3.05) is 0 Å². The van der Waals surface area contributed by atoms with Crippen molar-refractivity contribution in [2.45, 2.75) is 40.3 Å². The van der Waals surface area contributed by atoms with Crippen molar-refractivity contribution >= 4 is 11.0 Å². The zero-order valence-corrected chi connectivity index (χ0v) is 11.4. The molecule has 6 nitrogen and oxygen atoms in total. The third-order valence-corrected chi connectivity index (χ3v) is 3.36. The zero-order chi connectivity index (χ0) is 14.2. The SMILES string of the molecule is CCCn1c(=O)[nH]c(=O)c2c(C)c(CN)c(C)nc21. The van der Waals surface area contributed by atoms with E-state index in [-0.39, 0.29) is 0 Å². The summed E-state index contributed by atoms with van der Waals surface area (Å²) in [5, 5.41) is 0.458. The van der Waals surface area contributed by atoms with Crippen molar-refractivity contribution in [1.29, 1.82) is 0 Å². The summed E-state index contributed by atoms with van der Waals surface area (Å²) in [4.78, 5) is 30.6. The maximum atomic E-state index is 12.0. The van der Waals surface area contributed by atoms with Crippen LogP contribution < -0.4 is 17.0 Å². The third kappa shape index (κ3) is 2.08. The maximum Gasteiger partial charge on any atom is 0.329 e. The van der Waals surface area contributed by atoms with E-state index in [9.17, 15) is 9.59 Å². The molecule has 2 aromatic rings. The Kier molecular flexibility index (Phi) is 3.53. The molecule has 3 N–H and O–H groups in total. The van der Waals surface area contributed by atoms with E-state index in [4.69, 9.17) is 5.73 Å². The van der Waals surface area contributed by atoms with Crippen molar-refractivity contribution in [1.82, 2.24) is 14.5 Å². The minimum Gasteiger partial charge on any atom is -0.326 e. The topological polar surface area (TPSA) is 93.8 Å². The maximum absolute atomic E-state index is 12.0. The van der Waals surface area contributed by atoms with Gasteiger partial charge in [0.05, 0.1) is 5.39 Å². The Morgan fingerprint density at radius 3 is 2.58 bits per heavy atom. The van der Waals surface area contributed by atoms with E-state index >= 15 is 0 Å². The monoisotopic (exact) mass is 262 g/mol. The molecule has 0 bridgehead atoms. The van der Waals surface area contributed by atoms with Crippen LogP contribution in [0.1, 0.15) is 30.2 Å². The summed E-state index contributed by atoms with van der Waals surface area (Å²) >= 11 is 0. The number of H-pyrrole nitrogens is 1. The Hall–Kier alpha value is -1.95. The van der Waals surface area contributed by atoms with Crippen LogP contribution in [0.4, 0.5) is 0 Å². The van der Waals surface area contributed by atoms with Crippen molar-refractivity contribution in [3.8, 4) is 0 Å². The molecule has 19 heavy (non-hydrogen) atoms. The van der Waals surface area contributed by atoms with Crippen LogP contribution in [0, 0.1) is 13.8 Å². The van der Waals surface area contributed by atoms with Crippen molar-refractivity contribution in [3.05, 3.63) is 37.7 Å². The van der Waals surface area contributed by atoms with Gasteiger partial charge in [-0.25, -0.2) is 9.78 Å². The lowest BCUT2D eigenvalue weighted by Crippen LogP contribution is -2.32. The highest BCUT2D eigenvalue weighted by Crippen LogP contribution is 2.18. The molecule has 6 heteroatoms. The molecule has 0 atom stereocenters. The third-order valence-electron chi connectivity index (χ3n) is 3.36. The Bertz CT molecular complexity index is 743.